The molecule has 13 heavy (non-hydrogen) atoms. The van der Waals surface area contributed by atoms with Crippen molar-refractivity contribution in [2.24, 2.45) is 0 Å². The summed E-state index contributed by atoms with van der Waals surface area (Å²) in [5.74, 6) is -0.153. The van der Waals surface area contributed by atoms with Gasteiger partial charge in [-0.1, -0.05) is 11.6 Å². The van der Waals surface area contributed by atoms with Crippen molar-refractivity contribution in [2.75, 3.05) is 12.4 Å². The number of aromatic nitrogens is 2. The molecule has 0 radical (unpaired) electrons. The highest BCUT2D eigenvalue weighted by Crippen LogP contribution is 2.29. The number of hydrogen-bond donors (Lipinski definition) is 1. The number of nitrogens with zero attached hydrogens (tertiary/aromatic N) is 2. The van der Waals surface area contributed by atoms with Crippen LogP contribution in [0.15, 0.2) is 6.07 Å². The summed E-state index contributed by atoms with van der Waals surface area (Å²) in [6.07, 6.45) is -4.50. The third kappa shape index (κ3) is 2.45. The Morgan fingerprint density at radius 3 is 2.46 bits per heavy atom. The Hall–Kier alpha value is -1.04. The topological polar surface area (TPSA) is 37.8 Å². The van der Waals surface area contributed by atoms with Crippen LogP contribution in [0.5, 0.6) is 0 Å². The molecule has 0 bridgehead atoms. The normalized spacial score (nSPS) is 11.5. The van der Waals surface area contributed by atoms with E-state index in [2.05, 4.69) is 15.3 Å². The molecule has 0 unspecified atom stereocenters. The van der Waals surface area contributed by atoms with Crippen molar-refractivity contribution in [1.29, 1.82) is 0 Å². The third-order valence-corrected chi connectivity index (χ3v) is 1.40. The van der Waals surface area contributed by atoms with Crippen molar-refractivity contribution >= 4 is 17.5 Å². The molecule has 1 aromatic rings. The second kappa shape index (κ2) is 3.37. The molecule has 0 aromatic carbocycles. The highest BCUT2D eigenvalue weighted by molar-refractivity contribution is 6.29. The van der Waals surface area contributed by atoms with E-state index < -0.39 is 11.9 Å². The smallest absolute Gasteiger partial charge is 0.357 e. The number of nitrogens with one attached hydrogen (secondary N) is 1. The largest absolute Gasteiger partial charge is 0.433 e. The SMILES string of the molecule is CNc1nc(Cl)cc(C(F)(F)F)n1. The lowest BCUT2D eigenvalue weighted by Gasteiger charge is -2.06. The Morgan fingerprint density at radius 1 is 1.38 bits per heavy atom. The van der Waals surface area contributed by atoms with E-state index in [1.165, 1.54) is 7.05 Å². The van der Waals surface area contributed by atoms with Crippen LogP contribution in [0.4, 0.5) is 19.1 Å². The summed E-state index contributed by atoms with van der Waals surface area (Å²) in [6, 6.07) is 0.669. The molecule has 0 saturated carbocycles. The van der Waals surface area contributed by atoms with Gasteiger partial charge in [-0.15, -0.1) is 0 Å². The van der Waals surface area contributed by atoms with Crippen molar-refractivity contribution in [3.8, 4) is 0 Å². The average Bonchev–Trinajstić information content (AvgIpc) is 2.01. The van der Waals surface area contributed by atoms with E-state index in [9.17, 15) is 13.2 Å². The maximum absolute atomic E-state index is 12.1. The highest BCUT2D eigenvalue weighted by Gasteiger charge is 2.33. The third-order valence-electron chi connectivity index (χ3n) is 1.21. The number of halogens is 4. The molecule has 0 saturated heterocycles. The first-order valence-corrected chi connectivity index (χ1v) is 3.61. The van der Waals surface area contributed by atoms with Gasteiger partial charge in [-0.3, -0.25) is 0 Å². The van der Waals surface area contributed by atoms with Gasteiger partial charge in [0.05, 0.1) is 0 Å². The molecule has 1 aromatic heterocycles. The summed E-state index contributed by atoms with van der Waals surface area (Å²) in [5, 5.41) is 2.13. The molecule has 0 aliphatic rings. The lowest BCUT2D eigenvalue weighted by molar-refractivity contribution is -0.141. The Labute approximate surface area is 77.0 Å². The first kappa shape index (κ1) is 10.0. The first-order chi connectivity index (χ1) is 5.93. The van der Waals surface area contributed by atoms with Gasteiger partial charge in [-0.25, -0.2) is 9.97 Å². The van der Waals surface area contributed by atoms with Crippen LogP contribution in [-0.4, -0.2) is 17.0 Å². The van der Waals surface area contributed by atoms with Crippen LogP contribution in [0.3, 0.4) is 0 Å². The monoisotopic (exact) mass is 211 g/mol. The van der Waals surface area contributed by atoms with E-state index in [0.717, 1.165) is 0 Å². The zero-order valence-electron chi connectivity index (χ0n) is 6.48. The van der Waals surface area contributed by atoms with Crippen LogP contribution in [0.2, 0.25) is 5.15 Å². The zero-order valence-corrected chi connectivity index (χ0v) is 7.24. The number of anilines is 1. The first-order valence-electron chi connectivity index (χ1n) is 3.23. The molecule has 0 atom stereocenters. The molecule has 1 rings (SSSR count). The predicted octanol–water partition coefficient (Wildman–Crippen LogP) is 2.19. The summed E-state index contributed by atoms with van der Waals surface area (Å²) >= 11 is 5.34. The van der Waals surface area contributed by atoms with Crippen molar-refractivity contribution in [2.45, 2.75) is 6.18 Å². The Morgan fingerprint density at radius 2 is 2.00 bits per heavy atom. The molecule has 0 amide bonds. The Balaban J connectivity index is 3.16. The molecule has 1 heterocycles. The minimum Gasteiger partial charge on any atom is -0.357 e. The van der Waals surface area contributed by atoms with E-state index in [4.69, 9.17) is 11.6 Å². The van der Waals surface area contributed by atoms with Gasteiger partial charge in [0.15, 0.2) is 5.69 Å². The van der Waals surface area contributed by atoms with Crippen LogP contribution in [0.25, 0.3) is 0 Å². The van der Waals surface area contributed by atoms with Crippen molar-refractivity contribution < 1.29 is 13.2 Å². The molecule has 3 nitrogen and oxygen atoms in total. The van der Waals surface area contributed by atoms with Gasteiger partial charge in [-0.2, -0.15) is 13.2 Å². The molecule has 1 N–H and O–H groups in total. The fourth-order valence-corrected chi connectivity index (χ4v) is 0.858. The highest BCUT2D eigenvalue weighted by atomic mass is 35.5. The second-order valence-corrected chi connectivity index (χ2v) is 2.53. The molecule has 0 spiro atoms. The molecule has 7 heteroatoms. The van der Waals surface area contributed by atoms with E-state index in [0.29, 0.717) is 6.07 Å². The number of hydrogen-bond acceptors (Lipinski definition) is 3. The van der Waals surface area contributed by atoms with Crippen molar-refractivity contribution in [3.05, 3.63) is 16.9 Å². The lowest BCUT2D eigenvalue weighted by atomic mass is 10.4. The van der Waals surface area contributed by atoms with Gasteiger partial charge in [0.25, 0.3) is 0 Å². The number of alkyl halides is 3. The van der Waals surface area contributed by atoms with E-state index in [-0.39, 0.29) is 11.1 Å². The van der Waals surface area contributed by atoms with Gasteiger partial charge >= 0.3 is 6.18 Å². The van der Waals surface area contributed by atoms with Gasteiger partial charge in [0.2, 0.25) is 5.95 Å². The molecule has 0 aliphatic heterocycles. The molecule has 0 fully saturated rings. The van der Waals surface area contributed by atoms with Gasteiger partial charge in [0, 0.05) is 13.1 Å². The van der Waals surface area contributed by atoms with E-state index in [1.807, 2.05) is 0 Å². The standard InChI is InChI=1S/C6H5ClF3N3/c1-11-5-12-3(6(8,9)10)2-4(7)13-5/h2H,1H3,(H,11,12,13). The maximum atomic E-state index is 12.1. The quantitative estimate of drug-likeness (QED) is 0.724. The van der Waals surface area contributed by atoms with E-state index in [1.54, 1.807) is 0 Å². The minimum absolute atomic E-state index is 0.153. The predicted molar refractivity (Wildman–Crippen MR) is 41.6 cm³/mol. The Kier molecular flexibility index (Phi) is 2.60. The summed E-state index contributed by atoms with van der Waals surface area (Å²) in [5.41, 5.74) is -1.06. The summed E-state index contributed by atoms with van der Waals surface area (Å²) in [7, 11) is 1.41. The van der Waals surface area contributed by atoms with Crippen LogP contribution < -0.4 is 5.32 Å². The van der Waals surface area contributed by atoms with Gasteiger partial charge in [-0.05, 0) is 0 Å². The molecular weight excluding hydrogens is 207 g/mol. The van der Waals surface area contributed by atoms with Crippen LogP contribution in [-0.2, 0) is 6.18 Å². The van der Waals surface area contributed by atoms with Gasteiger partial charge < -0.3 is 5.32 Å². The molecule has 0 aliphatic carbocycles. The van der Waals surface area contributed by atoms with Crippen molar-refractivity contribution in [3.63, 3.8) is 0 Å². The van der Waals surface area contributed by atoms with Gasteiger partial charge in [0.1, 0.15) is 5.15 Å². The molecule has 72 valence electrons. The molecular formula is C6H5ClF3N3. The summed E-state index contributed by atoms with van der Waals surface area (Å²) < 4.78 is 36.3. The van der Waals surface area contributed by atoms with Crippen LogP contribution in [0.1, 0.15) is 5.69 Å². The van der Waals surface area contributed by atoms with Crippen LogP contribution in [0, 0.1) is 0 Å². The van der Waals surface area contributed by atoms with E-state index >= 15 is 0 Å². The number of rotatable bonds is 1. The second-order valence-electron chi connectivity index (χ2n) is 2.15. The fraction of sp³-hybridized carbons (Fsp3) is 0.333. The fourth-order valence-electron chi connectivity index (χ4n) is 0.675. The van der Waals surface area contributed by atoms with Crippen LogP contribution >= 0.6 is 11.6 Å². The Bertz CT molecular complexity index is 312. The summed E-state index contributed by atoms with van der Waals surface area (Å²) in [6.45, 7) is 0. The van der Waals surface area contributed by atoms with Crippen molar-refractivity contribution in [1.82, 2.24) is 9.97 Å². The summed E-state index contributed by atoms with van der Waals surface area (Å²) in [4.78, 5) is 6.70. The zero-order chi connectivity index (χ0) is 10.1. The average molecular weight is 212 g/mol. The minimum atomic E-state index is -4.50. The lowest BCUT2D eigenvalue weighted by Crippen LogP contribution is -2.10. The maximum Gasteiger partial charge on any atom is 0.433 e.